The van der Waals surface area contributed by atoms with Crippen LogP contribution >= 0.6 is 11.8 Å². The lowest BCUT2D eigenvalue weighted by Gasteiger charge is -2.27. The van der Waals surface area contributed by atoms with Crippen molar-refractivity contribution in [3.05, 3.63) is 29.8 Å². The van der Waals surface area contributed by atoms with E-state index in [9.17, 15) is 4.79 Å². The lowest BCUT2D eigenvalue weighted by atomic mass is 10.1. The topological polar surface area (TPSA) is 32.3 Å². The lowest BCUT2D eigenvalue weighted by molar-refractivity contribution is -0.130. The van der Waals surface area contributed by atoms with Crippen LogP contribution in [0, 0.1) is 0 Å². The Morgan fingerprint density at radius 1 is 1.43 bits per heavy atom. The van der Waals surface area contributed by atoms with Crippen molar-refractivity contribution in [2.75, 3.05) is 19.6 Å². The summed E-state index contributed by atoms with van der Waals surface area (Å²) >= 11 is 1.74. The molecule has 0 spiro atoms. The molecule has 2 heterocycles. The summed E-state index contributed by atoms with van der Waals surface area (Å²) in [5.41, 5.74) is 1.33. The Morgan fingerprint density at radius 2 is 2.29 bits per heavy atom. The highest BCUT2D eigenvalue weighted by atomic mass is 32.2. The first kappa shape index (κ1) is 14.9. The molecule has 21 heavy (non-hydrogen) atoms. The molecule has 3 rings (SSSR count). The zero-order valence-corrected chi connectivity index (χ0v) is 13.5. The Labute approximate surface area is 131 Å². The summed E-state index contributed by atoms with van der Waals surface area (Å²) in [7, 11) is 0. The van der Waals surface area contributed by atoms with Crippen molar-refractivity contribution in [2.24, 2.45) is 0 Å². The molecule has 1 N–H and O–H groups in total. The molecule has 1 saturated heterocycles. The van der Waals surface area contributed by atoms with Gasteiger partial charge in [-0.3, -0.25) is 4.79 Å². The Hall–Kier alpha value is -1.00. The number of amides is 1. The largest absolute Gasteiger partial charge is 0.340 e. The fourth-order valence-corrected chi connectivity index (χ4v) is 4.54. The van der Waals surface area contributed by atoms with Gasteiger partial charge in [0.15, 0.2) is 0 Å². The minimum Gasteiger partial charge on any atom is -0.340 e. The van der Waals surface area contributed by atoms with Crippen molar-refractivity contribution in [1.29, 1.82) is 0 Å². The van der Waals surface area contributed by atoms with Crippen LogP contribution in [0.25, 0.3) is 0 Å². The highest BCUT2D eigenvalue weighted by molar-refractivity contribution is 8.01. The van der Waals surface area contributed by atoms with Crippen molar-refractivity contribution in [3.63, 3.8) is 0 Å². The van der Waals surface area contributed by atoms with E-state index in [0.29, 0.717) is 11.9 Å². The van der Waals surface area contributed by atoms with Gasteiger partial charge >= 0.3 is 0 Å². The molecule has 0 aromatic heterocycles. The predicted molar refractivity (Wildman–Crippen MR) is 87.7 cm³/mol. The smallest absolute Gasteiger partial charge is 0.236 e. The first-order valence-corrected chi connectivity index (χ1v) is 8.92. The Balaban J connectivity index is 1.64. The molecule has 2 aliphatic rings. The van der Waals surface area contributed by atoms with Crippen molar-refractivity contribution in [1.82, 2.24) is 10.2 Å². The number of hydrogen-bond acceptors (Lipinski definition) is 3. The van der Waals surface area contributed by atoms with Gasteiger partial charge in [-0.15, -0.1) is 11.8 Å². The van der Waals surface area contributed by atoms with Crippen LogP contribution < -0.4 is 5.32 Å². The average molecular weight is 304 g/mol. The van der Waals surface area contributed by atoms with Crippen LogP contribution in [-0.2, 0) is 11.2 Å². The minimum absolute atomic E-state index is 0.0790. The summed E-state index contributed by atoms with van der Waals surface area (Å²) in [6, 6.07) is 8.91. The number of thioether (sulfide) groups is 1. The average Bonchev–Trinajstić information content (AvgIpc) is 3.14. The number of benzene rings is 1. The fourth-order valence-electron chi connectivity index (χ4n) is 3.26. The number of carbonyl (C=O) groups is 1. The monoisotopic (exact) mass is 304 g/mol. The molecule has 0 aliphatic carbocycles. The summed E-state index contributed by atoms with van der Waals surface area (Å²) in [4.78, 5) is 16.2. The molecule has 2 atom stereocenters. The van der Waals surface area contributed by atoms with E-state index < -0.39 is 0 Å². The van der Waals surface area contributed by atoms with Gasteiger partial charge in [0.05, 0.1) is 5.25 Å². The van der Waals surface area contributed by atoms with E-state index in [4.69, 9.17) is 0 Å². The van der Waals surface area contributed by atoms with Gasteiger partial charge in [0.1, 0.15) is 0 Å². The van der Waals surface area contributed by atoms with E-state index in [0.717, 1.165) is 32.5 Å². The van der Waals surface area contributed by atoms with Gasteiger partial charge in [-0.2, -0.15) is 0 Å². The molecule has 4 heteroatoms. The first-order chi connectivity index (χ1) is 10.3. The molecule has 1 aromatic carbocycles. The summed E-state index contributed by atoms with van der Waals surface area (Å²) in [6.07, 6.45) is 4.36. The molecule has 0 saturated carbocycles. The second-order valence-corrected chi connectivity index (χ2v) is 7.24. The first-order valence-electron chi connectivity index (χ1n) is 8.04. The van der Waals surface area contributed by atoms with Crippen LogP contribution in [0.15, 0.2) is 29.2 Å². The maximum Gasteiger partial charge on any atom is 0.236 e. The van der Waals surface area contributed by atoms with Crippen LogP contribution in [-0.4, -0.2) is 41.7 Å². The standard InChI is InChI=1S/C17H24N2OS/c1-2-10-19(12-14-7-5-9-18-14)17(20)16-11-13-6-3-4-8-15(13)21-16/h3-4,6,8,14,16,18H,2,5,7,9-12H2,1H3. The molecule has 3 nitrogen and oxygen atoms in total. The third-order valence-electron chi connectivity index (χ3n) is 4.33. The molecule has 2 aliphatic heterocycles. The second kappa shape index (κ2) is 6.84. The van der Waals surface area contributed by atoms with E-state index in [1.165, 1.54) is 23.3 Å². The van der Waals surface area contributed by atoms with E-state index in [2.05, 4.69) is 41.4 Å². The Kier molecular flexibility index (Phi) is 4.86. The zero-order valence-electron chi connectivity index (χ0n) is 12.7. The quantitative estimate of drug-likeness (QED) is 0.908. The van der Waals surface area contributed by atoms with Gasteiger partial charge < -0.3 is 10.2 Å². The van der Waals surface area contributed by atoms with Gasteiger partial charge in [0.2, 0.25) is 5.91 Å². The van der Waals surface area contributed by atoms with E-state index in [1.54, 1.807) is 11.8 Å². The van der Waals surface area contributed by atoms with E-state index >= 15 is 0 Å². The van der Waals surface area contributed by atoms with Crippen LogP contribution in [0.3, 0.4) is 0 Å². The maximum atomic E-state index is 12.9. The van der Waals surface area contributed by atoms with Gasteiger partial charge in [0.25, 0.3) is 0 Å². The lowest BCUT2D eigenvalue weighted by Crippen LogP contribution is -2.45. The van der Waals surface area contributed by atoms with Gasteiger partial charge in [-0.1, -0.05) is 25.1 Å². The van der Waals surface area contributed by atoms with Crippen LogP contribution in [0.2, 0.25) is 0 Å². The summed E-state index contributed by atoms with van der Waals surface area (Å²) in [5, 5.41) is 3.59. The molecular formula is C17H24N2OS. The molecule has 1 amide bonds. The van der Waals surface area contributed by atoms with Crippen molar-refractivity contribution in [2.45, 2.75) is 48.8 Å². The molecule has 0 bridgehead atoms. The number of nitrogens with zero attached hydrogens (tertiary/aromatic N) is 1. The minimum atomic E-state index is 0.0790. The SMILES string of the molecule is CCCN(CC1CCCN1)C(=O)C1Cc2ccccc2S1. The number of rotatable bonds is 5. The van der Waals surface area contributed by atoms with Crippen LogP contribution in [0.5, 0.6) is 0 Å². The molecular weight excluding hydrogens is 280 g/mol. The number of nitrogens with one attached hydrogen (secondary N) is 1. The third kappa shape index (κ3) is 3.43. The summed E-state index contributed by atoms with van der Waals surface area (Å²) < 4.78 is 0. The van der Waals surface area contributed by atoms with Gasteiger partial charge in [-0.05, 0) is 43.9 Å². The molecule has 114 valence electrons. The van der Waals surface area contributed by atoms with Gasteiger partial charge in [-0.25, -0.2) is 0 Å². The fraction of sp³-hybridized carbons (Fsp3) is 0.588. The van der Waals surface area contributed by atoms with Gasteiger partial charge in [0, 0.05) is 24.0 Å². The summed E-state index contributed by atoms with van der Waals surface area (Å²) in [6.45, 7) is 5.01. The number of fused-ring (bicyclic) bond motifs is 1. The molecule has 2 unspecified atom stereocenters. The second-order valence-electron chi connectivity index (χ2n) is 6.00. The number of hydrogen-bond donors (Lipinski definition) is 1. The van der Waals surface area contributed by atoms with Crippen molar-refractivity contribution in [3.8, 4) is 0 Å². The Bertz CT molecular complexity index is 474. The number of carbonyl (C=O) groups excluding carboxylic acids is 1. The van der Waals surface area contributed by atoms with Crippen LogP contribution in [0.1, 0.15) is 31.7 Å². The molecule has 1 aromatic rings. The molecule has 1 fully saturated rings. The van der Waals surface area contributed by atoms with E-state index in [-0.39, 0.29) is 5.25 Å². The van der Waals surface area contributed by atoms with Crippen LogP contribution in [0.4, 0.5) is 0 Å². The maximum absolute atomic E-state index is 12.9. The summed E-state index contributed by atoms with van der Waals surface area (Å²) in [5.74, 6) is 0.326. The van der Waals surface area contributed by atoms with E-state index in [1.807, 2.05) is 0 Å². The van der Waals surface area contributed by atoms with Crippen molar-refractivity contribution >= 4 is 17.7 Å². The zero-order chi connectivity index (χ0) is 14.7. The Morgan fingerprint density at radius 3 is 3.00 bits per heavy atom. The third-order valence-corrected chi connectivity index (χ3v) is 5.64. The normalized spacial score (nSPS) is 24.0. The predicted octanol–water partition coefficient (Wildman–Crippen LogP) is 2.69. The highest BCUT2D eigenvalue weighted by Gasteiger charge is 2.32. The molecule has 0 radical (unpaired) electrons. The highest BCUT2D eigenvalue weighted by Crippen LogP contribution is 2.37. The van der Waals surface area contributed by atoms with Crippen molar-refractivity contribution < 1.29 is 4.79 Å².